The zero-order chi connectivity index (χ0) is 15.0. The number of H-pyrrole nitrogens is 1. The number of nitrogens with one attached hydrogen (secondary N) is 2. The van der Waals surface area contributed by atoms with Gasteiger partial charge < -0.3 is 10.7 Å². The average Bonchev–Trinajstić information content (AvgIpc) is 2.90. The van der Waals surface area contributed by atoms with Gasteiger partial charge in [0.15, 0.2) is 10.8 Å². The smallest absolute Gasteiger partial charge is 0.258 e. The van der Waals surface area contributed by atoms with E-state index in [2.05, 4.69) is 25.3 Å². The van der Waals surface area contributed by atoms with E-state index in [-0.39, 0.29) is 17.0 Å². The van der Waals surface area contributed by atoms with E-state index in [1.807, 2.05) is 0 Å². The van der Waals surface area contributed by atoms with E-state index in [0.29, 0.717) is 28.0 Å². The van der Waals surface area contributed by atoms with Crippen LogP contribution in [0.4, 0.5) is 11.6 Å². The molecular formula is C13H11ClN6O. The Morgan fingerprint density at radius 3 is 3.00 bits per heavy atom. The summed E-state index contributed by atoms with van der Waals surface area (Å²) in [7, 11) is 0. The summed E-state index contributed by atoms with van der Waals surface area (Å²) >= 11 is 6.00. The maximum absolute atomic E-state index is 12.3. The Bertz CT molecular complexity index is 844. The maximum atomic E-state index is 12.3. The number of halogens is 1. The normalized spacial score (nSPS) is 10.8. The number of carbonyl (C=O) groups is 1. The molecule has 106 valence electrons. The highest BCUT2D eigenvalue weighted by atomic mass is 35.5. The zero-order valence-electron chi connectivity index (χ0n) is 11.0. The van der Waals surface area contributed by atoms with Gasteiger partial charge >= 0.3 is 0 Å². The van der Waals surface area contributed by atoms with Crippen molar-refractivity contribution in [2.45, 2.75) is 6.92 Å². The van der Waals surface area contributed by atoms with Gasteiger partial charge in [0.25, 0.3) is 5.91 Å². The summed E-state index contributed by atoms with van der Waals surface area (Å²) in [5.74, 6) is -0.267. The number of rotatable bonds is 2. The van der Waals surface area contributed by atoms with Crippen LogP contribution < -0.4 is 11.1 Å². The van der Waals surface area contributed by atoms with Crippen molar-refractivity contribution in [1.29, 1.82) is 0 Å². The van der Waals surface area contributed by atoms with Crippen molar-refractivity contribution in [2.24, 2.45) is 0 Å². The molecule has 21 heavy (non-hydrogen) atoms. The second-order valence-electron chi connectivity index (χ2n) is 4.41. The van der Waals surface area contributed by atoms with E-state index in [4.69, 9.17) is 17.3 Å². The number of imidazole rings is 1. The number of nitrogen functional groups attached to an aromatic ring is 1. The topological polar surface area (TPSA) is 110 Å². The molecule has 0 aliphatic rings. The van der Waals surface area contributed by atoms with Crippen LogP contribution in [0.1, 0.15) is 15.9 Å². The number of nitrogens with two attached hydrogens (primary N) is 1. The predicted octanol–water partition coefficient (Wildman–Crippen LogP) is 2.15. The van der Waals surface area contributed by atoms with Crippen LogP contribution in [-0.2, 0) is 0 Å². The molecule has 2 aromatic heterocycles. The van der Waals surface area contributed by atoms with Crippen LogP contribution in [0.3, 0.4) is 0 Å². The van der Waals surface area contributed by atoms with Crippen molar-refractivity contribution in [3.05, 3.63) is 40.8 Å². The first kappa shape index (κ1) is 13.3. The van der Waals surface area contributed by atoms with Crippen molar-refractivity contribution >= 4 is 40.3 Å². The second-order valence-corrected chi connectivity index (χ2v) is 4.77. The first-order chi connectivity index (χ1) is 10.1. The van der Waals surface area contributed by atoms with Crippen LogP contribution in [0, 0.1) is 6.92 Å². The number of aromatic amines is 1. The lowest BCUT2D eigenvalue weighted by atomic mass is 10.1. The molecule has 7 nitrogen and oxygen atoms in total. The summed E-state index contributed by atoms with van der Waals surface area (Å²) in [5.41, 5.74) is 8.39. The molecule has 0 saturated carbocycles. The molecule has 0 aliphatic carbocycles. The molecule has 0 radical (unpaired) electrons. The van der Waals surface area contributed by atoms with Gasteiger partial charge in [-0.3, -0.25) is 10.1 Å². The number of hydrogen-bond donors (Lipinski definition) is 3. The van der Waals surface area contributed by atoms with Gasteiger partial charge in [-0.25, -0.2) is 4.98 Å². The summed E-state index contributed by atoms with van der Waals surface area (Å²) in [5, 5.41) is 2.79. The summed E-state index contributed by atoms with van der Waals surface area (Å²) in [6, 6.07) is 5.12. The van der Waals surface area contributed by atoms with E-state index < -0.39 is 0 Å². The third kappa shape index (κ3) is 2.38. The summed E-state index contributed by atoms with van der Waals surface area (Å²) in [4.78, 5) is 27.2. The molecule has 0 bridgehead atoms. The van der Waals surface area contributed by atoms with Crippen LogP contribution in [0.15, 0.2) is 24.5 Å². The molecule has 4 N–H and O–H groups in total. The number of amides is 1. The van der Waals surface area contributed by atoms with Crippen LogP contribution in [0.2, 0.25) is 5.15 Å². The fraction of sp³-hybridized carbons (Fsp3) is 0.0769. The summed E-state index contributed by atoms with van der Waals surface area (Å²) in [6.07, 6.45) is 1.46. The Labute approximate surface area is 124 Å². The lowest BCUT2D eigenvalue weighted by Crippen LogP contribution is -2.16. The number of nitrogens with zero attached hydrogens (tertiary/aromatic N) is 3. The molecule has 3 rings (SSSR count). The van der Waals surface area contributed by atoms with Crippen molar-refractivity contribution in [3.8, 4) is 0 Å². The molecular weight excluding hydrogens is 292 g/mol. The van der Waals surface area contributed by atoms with Crippen LogP contribution in [0.5, 0.6) is 0 Å². The highest BCUT2D eigenvalue weighted by molar-refractivity contribution is 6.33. The molecule has 0 aliphatic heterocycles. The van der Waals surface area contributed by atoms with Crippen LogP contribution >= 0.6 is 11.6 Å². The first-order valence-corrected chi connectivity index (χ1v) is 6.47. The fourth-order valence-corrected chi connectivity index (χ4v) is 2.14. The van der Waals surface area contributed by atoms with Crippen LogP contribution in [-0.4, -0.2) is 25.8 Å². The summed E-state index contributed by atoms with van der Waals surface area (Å²) in [6.45, 7) is 1.77. The average molecular weight is 303 g/mol. The molecule has 0 unspecified atom stereocenters. The predicted molar refractivity (Wildman–Crippen MR) is 80.2 cm³/mol. The first-order valence-electron chi connectivity index (χ1n) is 6.09. The molecule has 0 fully saturated rings. The molecule has 2 heterocycles. The third-order valence-corrected chi connectivity index (χ3v) is 3.36. The van der Waals surface area contributed by atoms with Crippen molar-refractivity contribution < 1.29 is 4.79 Å². The Hall–Kier alpha value is -2.67. The molecule has 0 atom stereocenters. The minimum Gasteiger partial charge on any atom is -0.398 e. The number of anilines is 2. The Morgan fingerprint density at radius 2 is 2.19 bits per heavy atom. The van der Waals surface area contributed by atoms with Crippen molar-refractivity contribution in [2.75, 3.05) is 11.1 Å². The van der Waals surface area contributed by atoms with Gasteiger partial charge in [-0.1, -0.05) is 17.7 Å². The zero-order valence-corrected chi connectivity index (χ0v) is 11.8. The number of aromatic nitrogens is 4. The van der Waals surface area contributed by atoms with Gasteiger partial charge in [-0.15, -0.1) is 0 Å². The highest BCUT2D eigenvalue weighted by Crippen LogP contribution is 2.20. The van der Waals surface area contributed by atoms with E-state index in [1.54, 1.807) is 25.1 Å². The lowest BCUT2D eigenvalue weighted by molar-refractivity contribution is 0.102. The minimum atomic E-state index is -0.356. The lowest BCUT2D eigenvalue weighted by Gasteiger charge is -2.08. The van der Waals surface area contributed by atoms with E-state index in [0.717, 1.165) is 0 Å². The molecule has 0 spiro atoms. The molecule has 1 amide bonds. The van der Waals surface area contributed by atoms with Gasteiger partial charge in [-0.2, -0.15) is 9.97 Å². The van der Waals surface area contributed by atoms with Gasteiger partial charge in [0.2, 0.25) is 5.95 Å². The van der Waals surface area contributed by atoms with Gasteiger partial charge in [0.1, 0.15) is 5.52 Å². The Balaban J connectivity index is 1.94. The molecule has 3 aromatic rings. The number of hydrogen-bond acceptors (Lipinski definition) is 5. The van der Waals surface area contributed by atoms with Crippen LogP contribution in [0.25, 0.3) is 11.2 Å². The number of benzene rings is 1. The Morgan fingerprint density at radius 1 is 1.38 bits per heavy atom. The van der Waals surface area contributed by atoms with Crippen molar-refractivity contribution in [3.63, 3.8) is 0 Å². The van der Waals surface area contributed by atoms with E-state index in [9.17, 15) is 4.79 Å². The maximum Gasteiger partial charge on any atom is 0.258 e. The van der Waals surface area contributed by atoms with E-state index in [1.165, 1.54) is 6.33 Å². The molecule has 1 aromatic carbocycles. The Kier molecular flexibility index (Phi) is 3.19. The monoisotopic (exact) mass is 302 g/mol. The largest absolute Gasteiger partial charge is 0.398 e. The van der Waals surface area contributed by atoms with Gasteiger partial charge in [0.05, 0.1) is 6.33 Å². The number of carbonyl (C=O) groups excluding carboxylic acids is 1. The minimum absolute atomic E-state index is 0.0893. The van der Waals surface area contributed by atoms with Gasteiger partial charge in [-0.05, 0) is 24.6 Å². The SMILES string of the molecule is Cc1c(N)cccc1C(=O)Nc1nc(Cl)c2[nH]cnc2n1. The molecule has 8 heteroatoms. The van der Waals surface area contributed by atoms with Gasteiger partial charge in [0, 0.05) is 11.3 Å². The third-order valence-electron chi connectivity index (χ3n) is 3.09. The highest BCUT2D eigenvalue weighted by Gasteiger charge is 2.14. The summed E-state index contributed by atoms with van der Waals surface area (Å²) < 4.78 is 0. The standard InChI is InChI=1S/C13H11ClN6O/c1-6-7(3-2-4-8(6)15)12(21)20-13-18-10(14)9-11(19-13)17-5-16-9/h2-5H,15H2,1H3,(H2,16,17,18,19,20,21). The van der Waals surface area contributed by atoms with E-state index >= 15 is 0 Å². The van der Waals surface area contributed by atoms with Crippen molar-refractivity contribution in [1.82, 2.24) is 19.9 Å². The molecule has 0 saturated heterocycles. The number of fused-ring (bicyclic) bond motifs is 1. The fourth-order valence-electron chi connectivity index (χ4n) is 1.92. The second kappa shape index (κ2) is 5.02. The quantitative estimate of drug-likeness (QED) is 0.496.